The van der Waals surface area contributed by atoms with Gasteiger partial charge in [-0.1, -0.05) is 42.5 Å². The van der Waals surface area contributed by atoms with Gasteiger partial charge in [-0.05, 0) is 36.6 Å². The zero-order chi connectivity index (χ0) is 15.2. The lowest BCUT2D eigenvalue weighted by Crippen LogP contribution is -2.42. The van der Waals surface area contributed by atoms with Crippen LogP contribution in [0.15, 0.2) is 54.6 Å². The van der Waals surface area contributed by atoms with Gasteiger partial charge < -0.3 is 16.2 Å². The van der Waals surface area contributed by atoms with Crippen molar-refractivity contribution in [1.29, 1.82) is 0 Å². The van der Waals surface area contributed by atoms with E-state index in [1.807, 2.05) is 37.3 Å². The average molecular weight is 284 g/mol. The number of aromatic hydroxyl groups is 1. The molecule has 110 valence electrons. The van der Waals surface area contributed by atoms with Gasteiger partial charge in [0, 0.05) is 0 Å². The van der Waals surface area contributed by atoms with Crippen molar-refractivity contribution < 1.29 is 9.90 Å². The molecule has 4 nitrogen and oxygen atoms in total. The summed E-state index contributed by atoms with van der Waals surface area (Å²) in [6.07, 6.45) is 0.438. The molecule has 4 heteroatoms. The van der Waals surface area contributed by atoms with Gasteiger partial charge >= 0.3 is 0 Å². The molecular weight excluding hydrogens is 264 g/mol. The monoisotopic (exact) mass is 284 g/mol. The molecule has 21 heavy (non-hydrogen) atoms. The summed E-state index contributed by atoms with van der Waals surface area (Å²) >= 11 is 0. The van der Waals surface area contributed by atoms with E-state index in [1.165, 1.54) is 0 Å². The lowest BCUT2D eigenvalue weighted by Gasteiger charge is -2.18. The van der Waals surface area contributed by atoms with Gasteiger partial charge in [-0.25, -0.2) is 0 Å². The number of carbonyl (C=O) groups excluding carboxylic acids is 1. The second-order valence-corrected chi connectivity index (χ2v) is 5.12. The van der Waals surface area contributed by atoms with Crippen molar-refractivity contribution in [3.8, 4) is 5.75 Å². The fourth-order valence-corrected chi connectivity index (χ4v) is 2.12. The van der Waals surface area contributed by atoms with Crippen molar-refractivity contribution >= 4 is 5.91 Å². The molecule has 4 N–H and O–H groups in total. The first-order valence-electron chi connectivity index (χ1n) is 6.95. The highest BCUT2D eigenvalue weighted by molar-refractivity contribution is 5.82. The van der Waals surface area contributed by atoms with Gasteiger partial charge in [0.25, 0.3) is 0 Å². The van der Waals surface area contributed by atoms with Crippen LogP contribution in [0.3, 0.4) is 0 Å². The second kappa shape index (κ2) is 6.90. The van der Waals surface area contributed by atoms with E-state index in [2.05, 4.69) is 5.32 Å². The Labute approximate surface area is 124 Å². The zero-order valence-corrected chi connectivity index (χ0v) is 12.0. The lowest BCUT2D eigenvalue weighted by atomic mass is 10.0. The first-order chi connectivity index (χ1) is 10.1. The van der Waals surface area contributed by atoms with E-state index < -0.39 is 6.04 Å². The molecule has 0 unspecified atom stereocenters. The third-order valence-corrected chi connectivity index (χ3v) is 3.39. The van der Waals surface area contributed by atoms with Crippen LogP contribution in [-0.4, -0.2) is 17.1 Å². The molecule has 0 fully saturated rings. The number of nitrogens with one attached hydrogen (secondary N) is 1. The number of phenolic OH excluding ortho intramolecular Hbond substituents is 1. The number of hydrogen-bond acceptors (Lipinski definition) is 3. The van der Waals surface area contributed by atoms with Gasteiger partial charge in [0.2, 0.25) is 5.91 Å². The molecule has 0 aromatic heterocycles. The smallest absolute Gasteiger partial charge is 0.237 e. The Morgan fingerprint density at radius 3 is 2.38 bits per heavy atom. The minimum absolute atomic E-state index is 0.0791. The molecular formula is C17H20N2O2. The van der Waals surface area contributed by atoms with E-state index in [9.17, 15) is 9.90 Å². The average Bonchev–Trinajstić information content (AvgIpc) is 2.50. The molecule has 0 saturated carbocycles. The minimum atomic E-state index is -0.610. The van der Waals surface area contributed by atoms with Crippen molar-refractivity contribution in [3.63, 3.8) is 0 Å². The maximum absolute atomic E-state index is 12.1. The molecule has 2 aromatic carbocycles. The highest BCUT2D eigenvalue weighted by atomic mass is 16.3. The Morgan fingerprint density at radius 1 is 1.14 bits per heavy atom. The van der Waals surface area contributed by atoms with Crippen LogP contribution < -0.4 is 11.1 Å². The van der Waals surface area contributed by atoms with E-state index in [0.717, 1.165) is 11.1 Å². The molecule has 0 radical (unpaired) electrons. The van der Waals surface area contributed by atoms with Gasteiger partial charge in [-0.15, -0.1) is 0 Å². The number of benzene rings is 2. The van der Waals surface area contributed by atoms with Crippen molar-refractivity contribution in [3.05, 3.63) is 65.7 Å². The number of amides is 1. The summed E-state index contributed by atoms with van der Waals surface area (Å²) in [4.78, 5) is 12.1. The van der Waals surface area contributed by atoms with Gasteiger partial charge in [0.1, 0.15) is 5.75 Å². The van der Waals surface area contributed by atoms with Gasteiger partial charge in [-0.2, -0.15) is 0 Å². The Morgan fingerprint density at radius 2 is 1.76 bits per heavy atom. The number of rotatable bonds is 5. The van der Waals surface area contributed by atoms with Crippen LogP contribution in [0.25, 0.3) is 0 Å². The summed E-state index contributed by atoms with van der Waals surface area (Å²) in [6.45, 7) is 1.93. The molecule has 0 aliphatic heterocycles. The fourth-order valence-electron chi connectivity index (χ4n) is 2.12. The summed E-state index contributed by atoms with van der Waals surface area (Å²) < 4.78 is 0. The normalized spacial score (nSPS) is 13.4. The molecule has 0 heterocycles. The summed E-state index contributed by atoms with van der Waals surface area (Å²) in [5.74, 6) is 0.0221. The maximum atomic E-state index is 12.1. The van der Waals surface area contributed by atoms with Crippen LogP contribution >= 0.6 is 0 Å². The number of phenols is 1. The van der Waals surface area contributed by atoms with Crippen LogP contribution in [0.1, 0.15) is 24.1 Å². The second-order valence-electron chi connectivity index (χ2n) is 5.12. The Kier molecular flexibility index (Phi) is 4.95. The summed E-state index contributed by atoms with van der Waals surface area (Å²) in [5.41, 5.74) is 7.90. The van der Waals surface area contributed by atoms with E-state index in [-0.39, 0.29) is 17.7 Å². The SMILES string of the molecule is C[C@H](NC(=O)[C@H](N)Cc1ccc(O)cc1)c1ccccc1. The highest BCUT2D eigenvalue weighted by Gasteiger charge is 2.16. The van der Waals surface area contributed by atoms with Crippen LogP contribution in [0.4, 0.5) is 0 Å². The van der Waals surface area contributed by atoms with Crippen molar-refractivity contribution in [2.24, 2.45) is 5.73 Å². The molecule has 0 bridgehead atoms. The zero-order valence-electron chi connectivity index (χ0n) is 12.0. The van der Waals surface area contributed by atoms with E-state index in [1.54, 1.807) is 24.3 Å². The lowest BCUT2D eigenvalue weighted by molar-refractivity contribution is -0.123. The highest BCUT2D eigenvalue weighted by Crippen LogP contribution is 2.13. The predicted molar refractivity (Wildman–Crippen MR) is 82.8 cm³/mol. The van der Waals surface area contributed by atoms with Crippen molar-refractivity contribution in [1.82, 2.24) is 5.32 Å². The molecule has 0 aliphatic rings. The van der Waals surface area contributed by atoms with Crippen molar-refractivity contribution in [2.75, 3.05) is 0 Å². The minimum Gasteiger partial charge on any atom is -0.508 e. The Hall–Kier alpha value is -2.33. The van der Waals surface area contributed by atoms with Gasteiger partial charge in [-0.3, -0.25) is 4.79 Å². The fraction of sp³-hybridized carbons (Fsp3) is 0.235. The van der Waals surface area contributed by atoms with Crippen LogP contribution in [-0.2, 0) is 11.2 Å². The number of nitrogens with two attached hydrogens (primary N) is 1. The number of carbonyl (C=O) groups is 1. The quantitative estimate of drug-likeness (QED) is 0.787. The maximum Gasteiger partial charge on any atom is 0.237 e. The topological polar surface area (TPSA) is 75.4 Å². The Bertz CT molecular complexity index is 581. The molecule has 2 atom stereocenters. The summed E-state index contributed by atoms with van der Waals surface area (Å²) in [7, 11) is 0. The molecule has 2 rings (SSSR count). The standard InChI is InChI=1S/C17H20N2O2/c1-12(14-5-3-2-4-6-14)19-17(21)16(18)11-13-7-9-15(20)10-8-13/h2-10,12,16,20H,11,18H2,1H3,(H,19,21)/t12-,16+/m0/s1. The molecule has 2 aromatic rings. The summed E-state index contributed by atoms with van der Waals surface area (Å²) in [5, 5.41) is 12.1. The van der Waals surface area contributed by atoms with Gasteiger partial charge in [0.15, 0.2) is 0 Å². The molecule has 0 saturated heterocycles. The summed E-state index contributed by atoms with van der Waals surface area (Å²) in [6, 6.07) is 15.8. The van der Waals surface area contributed by atoms with Crippen molar-refractivity contribution in [2.45, 2.75) is 25.4 Å². The third-order valence-electron chi connectivity index (χ3n) is 3.39. The molecule has 0 spiro atoms. The number of hydrogen-bond donors (Lipinski definition) is 3. The van der Waals surface area contributed by atoms with Crippen LogP contribution in [0.5, 0.6) is 5.75 Å². The first-order valence-corrected chi connectivity index (χ1v) is 6.95. The van der Waals surface area contributed by atoms with E-state index >= 15 is 0 Å². The first kappa shape index (κ1) is 15.1. The molecule has 0 aliphatic carbocycles. The Balaban J connectivity index is 1.92. The predicted octanol–water partition coefficient (Wildman–Crippen LogP) is 2.14. The van der Waals surface area contributed by atoms with E-state index in [4.69, 9.17) is 5.73 Å². The van der Waals surface area contributed by atoms with E-state index in [0.29, 0.717) is 6.42 Å². The third kappa shape index (κ3) is 4.33. The van der Waals surface area contributed by atoms with Crippen LogP contribution in [0.2, 0.25) is 0 Å². The van der Waals surface area contributed by atoms with Crippen LogP contribution in [0, 0.1) is 0 Å². The molecule has 1 amide bonds. The van der Waals surface area contributed by atoms with Gasteiger partial charge in [0.05, 0.1) is 12.1 Å². The largest absolute Gasteiger partial charge is 0.508 e.